The van der Waals surface area contributed by atoms with Crippen molar-refractivity contribution < 1.29 is 18.7 Å². The number of hydrogen-bond donors (Lipinski definition) is 0. The molecule has 0 saturated carbocycles. The summed E-state index contributed by atoms with van der Waals surface area (Å²) in [6, 6.07) is 7.13. The highest BCUT2D eigenvalue weighted by Gasteiger charge is 2.43. The van der Waals surface area contributed by atoms with Gasteiger partial charge in [-0.05, 0) is 42.4 Å². The van der Waals surface area contributed by atoms with E-state index >= 15 is 0 Å². The molecule has 0 bridgehead atoms. The fraction of sp³-hybridized carbons (Fsp3) is 0.588. The summed E-state index contributed by atoms with van der Waals surface area (Å²) in [7, 11) is -1.85. The van der Waals surface area contributed by atoms with Crippen molar-refractivity contribution in [2.75, 3.05) is 13.2 Å². The first-order valence-electron chi connectivity index (χ1n) is 7.70. The van der Waals surface area contributed by atoms with E-state index in [9.17, 15) is 4.79 Å². The highest BCUT2D eigenvalue weighted by Crippen LogP contribution is 2.38. The monoisotopic (exact) mass is 322 g/mol. The predicted molar refractivity (Wildman–Crippen MR) is 89.1 cm³/mol. The predicted octanol–water partition coefficient (Wildman–Crippen LogP) is 3.67. The molecule has 0 amide bonds. The lowest BCUT2D eigenvalue weighted by atomic mass is 10.2. The van der Waals surface area contributed by atoms with Crippen LogP contribution in [0.1, 0.15) is 31.1 Å². The fourth-order valence-corrected chi connectivity index (χ4v) is 3.42. The van der Waals surface area contributed by atoms with Gasteiger partial charge in [0.2, 0.25) is 0 Å². The van der Waals surface area contributed by atoms with E-state index in [-0.39, 0.29) is 17.2 Å². The number of hydrogen-bond acceptors (Lipinski definition) is 4. The summed E-state index contributed by atoms with van der Waals surface area (Å²) < 4.78 is 18.0. The third-order valence-electron chi connectivity index (χ3n) is 4.53. The molecule has 2 atom stereocenters. The maximum Gasteiger partial charge on any atom is 0.192 e. The number of benzene rings is 1. The normalized spacial score (nSPS) is 22.6. The van der Waals surface area contributed by atoms with Gasteiger partial charge in [0.1, 0.15) is 24.2 Å². The molecule has 1 aliphatic rings. The molecular weight excluding hydrogens is 296 g/mol. The van der Waals surface area contributed by atoms with Gasteiger partial charge in [0, 0.05) is 5.56 Å². The molecular formula is C17H26O4Si. The van der Waals surface area contributed by atoms with E-state index in [4.69, 9.17) is 13.9 Å². The first kappa shape index (κ1) is 17.2. The number of ether oxygens (including phenoxy) is 2. The van der Waals surface area contributed by atoms with Gasteiger partial charge >= 0.3 is 0 Å². The number of rotatable bonds is 5. The molecule has 2 rings (SSSR count). The Morgan fingerprint density at radius 1 is 1.14 bits per heavy atom. The maximum absolute atomic E-state index is 10.7. The van der Waals surface area contributed by atoms with Crippen LogP contribution in [0.4, 0.5) is 0 Å². The quantitative estimate of drug-likeness (QED) is 0.613. The molecule has 1 heterocycles. The van der Waals surface area contributed by atoms with Crippen LogP contribution >= 0.6 is 0 Å². The van der Waals surface area contributed by atoms with Gasteiger partial charge in [0.05, 0.1) is 13.2 Å². The Kier molecular flexibility index (Phi) is 5.09. The highest BCUT2D eigenvalue weighted by atomic mass is 28.4. The lowest BCUT2D eigenvalue weighted by Gasteiger charge is -2.39. The number of aldehydes is 1. The van der Waals surface area contributed by atoms with Gasteiger partial charge in [-0.3, -0.25) is 4.79 Å². The second-order valence-electron chi connectivity index (χ2n) is 7.30. The molecule has 5 heteroatoms. The van der Waals surface area contributed by atoms with Crippen molar-refractivity contribution in [3.05, 3.63) is 29.8 Å². The Morgan fingerprint density at radius 3 is 2.27 bits per heavy atom. The third kappa shape index (κ3) is 3.97. The van der Waals surface area contributed by atoms with Gasteiger partial charge in [-0.15, -0.1) is 0 Å². The van der Waals surface area contributed by atoms with Crippen molar-refractivity contribution in [3.63, 3.8) is 0 Å². The van der Waals surface area contributed by atoms with Crippen LogP contribution < -0.4 is 4.74 Å². The highest BCUT2D eigenvalue weighted by molar-refractivity contribution is 6.74. The summed E-state index contributed by atoms with van der Waals surface area (Å²) in [5.74, 6) is 0.741. The molecule has 0 aromatic heterocycles. The van der Waals surface area contributed by atoms with Crippen LogP contribution in [0.3, 0.4) is 0 Å². The minimum absolute atomic E-state index is 0.0355. The van der Waals surface area contributed by atoms with Crippen molar-refractivity contribution in [2.45, 2.75) is 51.1 Å². The average Bonchev–Trinajstić information content (AvgIpc) is 2.85. The number of carbonyl (C=O) groups is 1. The van der Waals surface area contributed by atoms with E-state index in [1.165, 1.54) is 0 Å². The zero-order valence-electron chi connectivity index (χ0n) is 14.1. The topological polar surface area (TPSA) is 44.8 Å². The summed E-state index contributed by atoms with van der Waals surface area (Å²) in [6.45, 7) is 12.3. The van der Waals surface area contributed by atoms with Gasteiger partial charge in [0.25, 0.3) is 0 Å². The van der Waals surface area contributed by atoms with E-state index in [0.29, 0.717) is 18.8 Å². The van der Waals surface area contributed by atoms with Crippen molar-refractivity contribution in [2.24, 2.45) is 0 Å². The van der Waals surface area contributed by atoms with Crippen LogP contribution in [0.25, 0.3) is 0 Å². The van der Waals surface area contributed by atoms with E-state index in [0.717, 1.165) is 12.0 Å². The van der Waals surface area contributed by atoms with Gasteiger partial charge in [-0.1, -0.05) is 20.8 Å². The zero-order chi connectivity index (χ0) is 16.4. The summed E-state index contributed by atoms with van der Waals surface area (Å²) in [5, 5.41) is 0.158. The SMILES string of the molecule is CC(C)(C)[Si](C)(C)OC1COCC1Oc1ccc(C=O)cc1. The average molecular weight is 322 g/mol. The molecule has 1 aromatic rings. The molecule has 0 N–H and O–H groups in total. The maximum atomic E-state index is 10.7. The van der Waals surface area contributed by atoms with E-state index in [1.807, 2.05) is 12.1 Å². The second-order valence-corrected chi connectivity index (χ2v) is 12.1. The van der Waals surface area contributed by atoms with Crippen LogP contribution in [0.2, 0.25) is 18.1 Å². The molecule has 4 nitrogen and oxygen atoms in total. The molecule has 22 heavy (non-hydrogen) atoms. The lowest BCUT2D eigenvalue weighted by Crippen LogP contribution is -2.47. The van der Waals surface area contributed by atoms with Crippen LogP contribution in [0, 0.1) is 0 Å². The number of carbonyl (C=O) groups excluding carboxylic acids is 1. The Balaban J connectivity index is 2.02. The standard InChI is InChI=1S/C17H26O4Si/c1-17(2,3)22(4,5)21-16-12-19-11-15(16)20-14-8-6-13(10-18)7-9-14/h6-10,15-16H,11-12H2,1-5H3. The van der Waals surface area contributed by atoms with E-state index in [2.05, 4.69) is 33.9 Å². The molecule has 122 valence electrons. The smallest absolute Gasteiger partial charge is 0.192 e. The Hall–Kier alpha value is -1.17. The summed E-state index contributed by atoms with van der Waals surface area (Å²) >= 11 is 0. The molecule has 1 fully saturated rings. The van der Waals surface area contributed by atoms with Crippen LogP contribution in [-0.2, 0) is 9.16 Å². The summed E-state index contributed by atoms with van der Waals surface area (Å²) in [5.41, 5.74) is 0.643. The minimum atomic E-state index is -1.85. The van der Waals surface area contributed by atoms with Crippen molar-refractivity contribution >= 4 is 14.6 Å². The Labute approximate surface area is 133 Å². The van der Waals surface area contributed by atoms with E-state index < -0.39 is 8.32 Å². The first-order chi connectivity index (χ1) is 10.2. The van der Waals surface area contributed by atoms with Crippen molar-refractivity contribution in [1.82, 2.24) is 0 Å². The molecule has 0 aliphatic carbocycles. The molecule has 1 saturated heterocycles. The largest absolute Gasteiger partial charge is 0.485 e. The molecule has 2 unspecified atom stereocenters. The zero-order valence-corrected chi connectivity index (χ0v) is 15.1. The van der Waals surface area contributed by atoms with Crippen LogP contribution in [0.5, 0.6) is 5.75 Å². The lowest BCUT2D eigenvalue weighted by molar-refractivity contribution is 0.0807. The first-order valence-corrected chi connectivity index (χ1v) is 10.6. The fourth-order valence-electron chi connectivity index (χ4n) is 2.09. The van der Waals surface area contributed by atoms with Crippen LogP contribution in [-0.4, -0.2) is 40.0 Å². The molecule has 0 radical (unpaired) electrons. The minimum Gasteiger partial charge on any atom is -0.485 e. The molecule has 1 aromatic carbocycles. The third-order valence-corrected chi connectivity index (χ3v) is 9.04. The Bertz CT molecular complexity index is 504. The molecule has 0 spiro atoms. The second kappa shape index (κ2) is 6.52. The Morgan fingerprint density at radius 2 is 1.73 bits per heavy atom. The van der Waals surface area contributed by atoms with Gasteiger partial charge in [-0.25, -0.2) is 0 Å². The van der Waals surface area contributed by atoms with E-state index in [1.54, 1.807) is 12.1 Å². The van der Waals surface area contributed by atoms with Crippen molar-refractivity contribution in [3.8, 4) is 5.75 Å². The van der Waals surface area contributed by atoms with Crippen LogP contribution in [0.15, 0.2) is 24.3 Å². The summed E-state index contributed by atoms with van der Waals surface area (Å²) in [6.07, 6.45) is 0.689. The van der Waals surface area contributed by atoms with Gasteiger partial charge in [-0.2, -0.15) is 0 Å². The molecule has 1 aliphatic heterocycles. The van der Waals surface area contributed by atoms with Gasteiger partial charge < -0.3 is 13.9 Å². The van der Waals surface area contributed by atoms with Crippen molar-refractivity contribution in [1.29, 1.82) is 0 Å². The summed E-state index contributed by atoms with van der Waals surface area (Å²) in [4.78, 5) is 10.7. The van der Waals surface area contributed by atoms with Gasteiger partial charge in [0.15, 0.2) is 8.32 Å².